The van der Waals surface area contributed by atoms with Crippen molar-refractivity contribution in [2.45, 2.75) is 25.4 Å². The molecule has 0 aliphatic carbocycles. The number of nitrogens with zero attached hydrogens (tertiary/aromatic N) is 3. The van der Waals surface area contributed by atoms with E-state index in [1.807, 2.05) is 16.8 Å². The number of likely N-dealkylation sites (tertiary alicyclic amines) is 1. The topological polar surface area (TPSA) is 68.2 Å². The van der Waals surface area contributed by atoms with E-state index in [-0.39, 0.29) is 6.04 Å². The third kappa shape index (κ3) is 2.60. The zero-order valence-electron chi connectivity index (χ0n) is 10.1. The van der Waals surface area contributed by atoms with Gasteiger partial charge in [-0.2, -0.15) is 16.3 Å². The van der Waals surface area contributed by atoms with Crippen molar-refractivity contribution in [3.63, 3.8) is 0 Å². The summed E-state index contributed by atoms with van der Waals surface area (Å²) in [6.45, 7) is 2.71. The Morgan fingerprint density at radius 2 is 2.50 bits per heavy atom. The number of aromatic nitrogens is 2. The van der Waals surface area contributed by atoms with E-state index in [1.165, 1.54) is 0 Å². The Labute approximate surface area is 110 Å². The molecule has 1 fully saturated rings. The largest absolute Gasteiger partial charge is 0.334 e. The van der Waals surface area contributed by atoms with Crippen LogP contribution < -0.4 is 5.73 Å². The van der Waals surface area contributed by atoms with Crippen LogP contribution in [0.2, 0.25) is 0 Å². The van der Waals surface area contributed by atoms with Gasteiger partial charge in [0, 0.05) is 18.0 Å². The molecule has 0 saturated carbocycles. The second-order valence-electron chi connectivity index (χ2n) is 4.67. The first-order valence-electron chi connectivity index (χ1n) is 6.14. The van der Waals surface area contributed by atoms with E-state index >= 15 is 0 Å². The highest BCUT2D eigenvalue weighted by Gasteiger charge is 2.19. The van der Waals surface area contributed by atoms with E-state index in [1.54, 1.807) is 11.3 Å². The van der Waals surface area contributed by atoms with Gasteiger partial charge in [-0.05, 0) is 30.8 Å². The summed E-state index contributed by atoms with van der Waals surface area (Å²) in [6.07, 6.45) is 2.26. The molecule has 3 heterocycles. The Bertz CT molecular complexity index is 496. The second-order valence-corrected chi connectivity index (χ2v) is 5.45. The highest BCUT2D eigenvalue weighted by molar-refractivity contribution is 7.08. The van der Waals surface area contributed by atoms with Gasteiger partial charge in [0.2, 0.25) is 0 Å². The molecule has 0 radical (unpaired) electrons. The molecule has 0 amide bonds. The van der Waals surface area contributed by atoms with Crippen LogP contribution in [0.3, 0.4) is 0 Å². The second kappa shape index (κ2) is 5.17. The SMILES string of the molecule is N[C@@H]1CCCN(Cc2noc(-c3ccsc3)n2)C1. The third-order valence-electron chi connectivity index (χ3n) is 3.14. The molecule has 18 heavy (non-hydrogen) atoms. The van der Waals surface area contributed by atoms with Crippen LogP contribution in [0.25, 0.3) is 11.5 Å². The van der Waals surface area contributed by atoms with Crippen LogP contribution in [0.15, 0.2) is 21.3 Å². The summed E-state index contributed by atoms with van der Waals surface area (Å²) >= 11 is 1.62. The van der Waals surface area contributed by atoms with Crippen molar-refractivity contribution < 1.29 is 4.52 Å². The monoisotopic (exact) mass is 264 g/mol. The van der Waals surface area contributed by atoms with Crippen LogP contribution in [0.5, 0.6) is 0 Å². The Kier molecular flexibility index (Phi) is 3.40. The fourth-order valence-electron chi connectivity index (χ4n) is 2.26. The van der Waals surface area contributed by atoms with E-state index in [4.69, 9.17) is 10.3 Å². The van der Waals surface area contributed by atoms with Crippen molar-refractivity contribution in [3.05, 3.63) is 22.7 Å². The van der Waals surface area contributed by atoms with Crippen LogP contribution in [-0.2, 0) is 6.54 Å². The summed E-state index contributed by atoms with van der Waals surface area (Å²) in [4.78, 5) is 6.71. The molecule has 0 unspecified atom stereocenters. The van der Waals surface area contributed by atoms with Crippen molar-refractivity contribution in [2.75, 3.05) is 13.1 Å². The molecule has 96 valence electrons. The first kappa shape index (κ1) is 11.8. The Morgan fingerprint density at radius 3 is 3.28 bits per heavy atom. The van der Waals surface area contributed by atoms with Gasteiger partial charge in [-0.3, -0.25) is 4.90 Å². The summed E-state index contributed by atoms with van der Waals surface area (Å²) in [5.41, 5.74) is 6.95. The number of hydrogen-bond donors (Lipinski definition) is 1. The molecule has 2 N–H and O–H groups in total. The number of hydrogen-bond acceptors (Lipinski definition) is 6. The summed E-state index contributed by atoms with van der Waals surface area (Å²) in [6, 6.07) is 2.26. The zero-order chi connectivity index (χ0) is 12.4. The van der Waals surface area contributed by atoms with Gasteiger partial charge < -0.3 is 10.3 Å². The highest BCUT2D eigenvalue weighted by atomic mass is 32.1. The summed E-state index contributed by atoms with van der Waals surface area (Å²) in [5.74, 6) is 1.35. The summed E-state index contributed by atoms with van der Waals surface area (Å²) in [5, 5.41) is 8.04. The molecule has 0 spiro atoms. The van der Waals surface area contributed by atoms with Crippen LogP contribution in [0.1, 0.15) is 18.7 Å². The lowest BCUT2D eigenvalue weighted by molar-refractivity contribution is 0.195. The molecular weight excluding hydrogens is 248 g/mol. The van der Waals surface area contributed by atoms with Crippen molar-refractivity contribution in [1.29, 1.82) is 0 Å². The maximum atomic E-state index is 5.96. The Morgan fingerprint density at radius 1 is 1.56 bits per heavy atom. The molecular formula is C12H16N4OS. The quantitative estimate of drug-likeness (QED) is 0.914. The fraction of sp³-hybridized carbons (Fsp3) is 0.500. The fourth-order valence-corrected chi connectivity index (χ4v) is 2.89. The van der Waals surface area contributed by atoms with Gasteiger partial charge in [-0.1, -0.05) is 5.16 Å². The van der Waals surface area contributed by atoms with E-state index in [0.29, 0.717) is 5.89 Å². The summed E-state index contributed by atoms with van der Waals surface area (Å²) in [7, 11) is 0. The van der Waals surface area contributed by atoms with Crippen molar-refractivity contribution >= 4 is 11.3 Å². The average molecular weight is 264 g/mol. The standard InChI is InChI=1S/C12H16N4OS/c13-10-2-1-4-16(6-10)7-11-14-12(17-15-11)9-3-5-18-8-9/h3,5,8,10H,1-2,4,6-7,13H2/t10-/m1/s1. The lowest BCUT2D eigenvalue weighted by atomic mass is 10.1. The predicted octanol–water partition coefficient (Wildman–Crippen LogP) is 1.72. The maximum absolute atomic E-state index is 5.96. The van der Waals surface area contributed by atoms with Gasteiger partial charge in [-0.15, -0.1) is 0 Å². The Hall–Kier alpha value is -1.24. The molecule has 0 aromatic carbocycles. The van der Waals surface area contributed by atoms with E-state index in [2.05, 4.69) is 15.0 Å². The lowest BCUT2D eigenvalue weighted by Crippen LogP contribution is -2.42. The number of rotatable bonds is 3. The van der Waals surface area contributed by atoms with Gasteiger partial charge in [-0.25, -0.2) is 0 Å². The third-order valence-corrected chi connectivity index (χ3v) is 3.83. The molecule has 3 rings (SSSR count). The maximum Gasteiger partial charge on any atom is 0.258 e. The van der Waals surface area contributed by atoms with Crippen LogP contribution >= 0.6 is 11.3 Å². The smallest absolute Gasteiger partial charge is 0.258 e. The predicted molar refractivity (Wildman–Crippen MR) is 70.1 cm³/mol. The molecule has 5 nitrogen and oxygen atoms in total. The summed E-state index contributed by atoms with van der Waals surface area (Å²) < 4.78 is 5.27. The molecule has 6 heteroatoms. The van der Waals surface area contributed by atoms with Crippen LogP contribution in [-0.4, -0.2) is 34.2 Å². The Balaban J connectivity index is 1.66. The first-order valence-corrected chi connectivity index (χ1v) is 7.08. The minimum atomic E-state index is 0.280. The lowest BCUT2D eigenvalue weighted by Gasteiger charge is -2.29. The minimum absolute atomic E-state index is 0.280. The molecule has 1 saturated heterocycles. The van der Waals surface area contributed by atoms with Gasteiger partial charge >= 0.3 is 0 Å². The molecule has 1 atom stereocenters. The highest BCUT2D eigenvalue weighted by Crippen LogP contribution is 2.20. The van der Waals surface area contributed by atoms with Crippen LogP contribution in [0.4, 0.5) is 0 Å². The van der Waals surface area contributed by atoms with Crippen molar-refractivity contribution in [3.8, 4) is 11.5 Å². The molecule has 0 bridgehead atoms. The van der Waals surface area contributed by atoms with E-state index in [0.717, 1.165) is 43.9 Å². The zero-order valence-corrected chi connectivity index (χ0v) is 10.9. The molecule has 1 aliphatic heterocycles. The van der Waals surface area contributed by atoms with E-state index in [9.17, 15) is 0 Å². The van der Waals surface area contributed by atoms with Crippen LogP contribution in [0, 0.1) is 0 Å². The van der Waals surface area contributed by atoms with Crippen molar-refractivity contribution in [2.24, 2.45) is 5.73 Å². The number of piperidine rings is 1. The number of thiophene rings is 1. The minimum Gasteiger partial charge on any atom is -0.334 e. The first-order chi connectivity index (χ1) is 8.81. The average Bonchev–Trinajstić information content (AvgIpc) is 2.98. The molecule has 1 aliphatic rings. The molecule has 2 aromatic rings. The van der Waals surface area contributed by atoms with Crippen molar-refractivity contribution in [1.82, 2.24) is 15.0 Å². The molecule has 2 aromatic heterocycles. The van der Waals surface area contributed by atoms with Gasteiger partial charge in [0.25, 0.3) is 5.89 Å². The van der Waals surface area contributed by atoms with Gasteiger partial charge in [0.1, 0.15) is 0 Å². The van der Waals surface area contributed by atoms with Gasteiger partial charge in [0.15, 0.2) is 5.82 Å². The number of nitrogens with two attached hydrogens (primary N) is 1. The normalized spacial score (nSPS) is 21.3. The van der Waals surface area contributed by atoms with E-state index < -0.39 is 0 Å². The van der Waals surface area contributed by atoms with Gasteiger partial charge in [0.05, 0.1) is 12.1 Å².